The maximum atomic E-state index is 12.8. The monoisotopic (exact) mass is 407 g/mol. The molecule has 0 aliphatic heterocycles. The second-order valence-corrected chi connectivity index (χ2v) is 7.66. The zero-order valence-corrected chi connectivity index (χ0v) is 16.1. The van der Waals surface area contributed by atoms with Crippen LogP contribution in [0, 0.1) is 0 Å². The van der Waals surface area contributed by atoms with Gasteiger partial charge in [0.05, 0.1) is 6.61 Å². The van der Waals surface area contributed by atoms with E-state index in [4.69, 9.17) is 9.25 Å². The molecule has 0 saturated heterocycles. The minimum Gasteiger partial charge on any atom is -0.465 e. The zero-order chi connectivity index (χ0) is 20.5. The third-order valence-electron chi connectivity index (χ3n) is 2.35. The van der Waals surface area contributed by atoms with Gasteiger partial charge in [-0.15, -0.1) is 0 Å². The van der Waals surface area contributed by atoms with Gasteiger partial charge in [0.2, 0.25) is 0 Å². The molecule has 0 rings (SSSR count). The Balaban J connectivity index is 5.45. The van der Waals surface area contributed by atoms with Gasteiger partial charge in [0, 0.05) is 12.1 Å². The van der Waals surface area contributed by atoms with Crippen molar-refractivity contribution >= 4 is 19.5 Å². The van der Waals surface area contributed by atoms with Crippen molar-refractivity contribution in [2.75, 3.05) is 19.4 Å². The molecular formula is C13H25F3N3O6P. The van der Waals surface area contributed by atoms with Crippen molar-refractivity contribution in [1.82, 2.24) is 15.9 Å². The molecule has 26 heavy (non-hydrogen) atoms. The molecule has 0 atom stereocenters. The van der Waals surface area contributed by atoms with E-state index in [1.54, 1.807) is 27.7 Å². The van der Waals surface area contributed by atoms with Crippen LogP contribution < -0.4 is 11.0 Å². The Kier molecular flexibility index (Phi) is 10.3. The number of esters is 1. The lowest BCUT2D eigenvalue weighted by atomic mass is 10.4. The molecule has 9 nitrogen and oxygen atoms in total. The van der Waals surface area contributed by atoms with Gasteiger partial charge >= 0.3 is 25.6 Å². The average molecular weight is 407 g/mol. The molecule has 0 saturated carbocycles. The molecule has 1 amide bonds. The molecule has 0 bridgehead atoms. The summed E-state index contributed by atoms with van der Waals surface area (Å²) in [7, 11) is -4.31. The molecule has 0 aliphatic rings. The van der Waals surface area contributed by atoms with Crippen molar-refractivity contribution in [2.45, 2.75) is 52.9 Å². The van der Waals surface area contributed by atoms with E-state index in [9.17, 15) is 27.3 Å². The molecule has 154 valence electrons. The van der Waals surface area contributed by atoms with Crippen LogP contribution in [0.5, 0.6) is 0 Å². The molecule has 0 aromatic rings. The van der Waals surface area contributed by atoms with Crippen molar-refractivity contribution in [1.29, 1.82) is 0 Å². The van der Waals surface area contributed by atoms with Crippen molar-refractivity contribution in [3.63, 3.8) is 0 Å². The number of hydroxylamine groups is 2. The highest BCUT2D eigenvalue weighted by Crippen LogP contribution is 2.47. The maximum Gasteiger partial charge on any atom is 0.471 e. The van der Waals surface area contributed by atoms with Crippen molar-refractivity contribution in [3.8, 4) is 0 Å². The Morgan fingerprint density at radius 2 is 1.54 bits per heavy atom. The largest absolute Gasteiger partial charge is 0.471 e. The molecule has 0 fully saturated rings. The topological polar surface area (TPSA) is 106 Å². The summed E-state index contributed by atoms with van der Waals surface area (Å²) in [5.41, 5.74) is 4.62. The molecule has 0 aromatic carbocycles. The van der Waals surface area contributed by atoms with Crippen LogP contribution in [-0.4, -0.2) is 54.5 Å². The van der Waals surface area contributed by atoms with E-state index in [1.807, 2.05) is 0 Å². The highest BCUT2D eigenvalue weighted by Gasteiger charge is 2.46. The summed E-state index contributed by atoms with van der Waals surface area (Å²) in [5, 5.41) is 0. The van der Waals surface area contributed by atoms with Crippen LogP contribution >= 0.6 is 7.60 Å². The van der Waals surface area contributed by atoms with Crippen molar-refractivity contribution < 1.29 is 41.3 Å². The lowest BCUT2D eigenvalue weighted by Gasteiger charge is -2.27. The van der Waals surface area contributed by atoms with Gasteiger partial charge in [-0.1, -0.05) is 0 Å². The van der Waals surface area contributed by atoms with E-state index >= 15 is 0 Å². The van der Waals surface area contributed by atoms with Crippen molar-refractivity contribution in [3.05, 3.63) is 0 Å². The highest BCUT2D eigenvalue weighted by molar-refractivity contribution is 7.53. The number of alkyl halides is 3. The zero-order valence-electron chi connectivity index (χ0n) is 15.3. The minimum absolute atomic E-state index is 0.0167. The number of hydrogen-bond donors (Lipinski definition) is 2. The summed E-state index contributed by atoms with van der Waals surface area (Å²) in [6, 6.07) is -0.689. The fourth-order valence-electron chi connectivity index (χ4n) is 1.38. The number of hydrogen-bond acceptors (Lipinski definition) is 8. The molecule has 0 spiro atoms. The smallest absolute Gasteiger partial charge is 0.465 e. The SMILES string of the molecule is CCOC(=O)CN(CP(=O)(ONC(C)C)ONC(C)C)C(=O)C(F)(F)F. The number of rotatable bonds is 11. The van der Waals surface area contributed by atoms with Crippen molar-refractivity contribution in [2.24, 2.45) is 0 Å². The second-order valence-electron chi connectivity index (χ2n) is 5.79. The number of nitrogens with zero attached hydrogens (tertiary/aromatic N) is 1. The number of carbonyl (C=O) groups is 2. The second kappa shape index (κ2) is 10.8. The first-order chi connectivity index (χ1) is 11.8. The van der Waals surface area contributed by atoms with Crippen LogP contribution in [0.1, 0.15) is 34.6 Å². The van der Waals surface area contributed by atoms with E-state index in [1.165, 1.54) is 6.92 Å². The normalized spacial score (nSPS) is 12.5. The van der Waals surface area contributed by atoms with Gasteiger partial charge in [0.15, 0.2) is 0 Å². The predicted octanol–water partition coefficient (Wildman–Crippen LogP) is 1.95. The molecular weight excluding hydrogens is 382 g/mol. The summed E-state index contributed by atoms with van der Waals surface area (Å²) >= 11 is 0. The Morgan fingerprint density at radius 3 is 1.88 bits per heavy atom. The van der Waals surface area contributed by atoms with E-state index < -0.39 is 38.5 Å². The number of ether oxygens (including phenoxy) is 1. The average Bonchev–Trinajstić information content (AvgIpc) is 2.49. The first-order valence-electron chi connectivity index (χ1n) is 7.79. The molecule has 0 aliphatic carbocycles. The van der Waals surface area contributed by atoms with Gasteiger partial charge in [-0.05, 0) is 34.6 Å². The van der Waals surface area contributed by atoms with Gasteiger partial charge in [-0.2, -0.15) is 24.1 Å². The van der Waals surface area contributed by atoms with Gasteiger partial charge in [0.1, 0.15) is 12.8 Å². The number of carbonyl (C=O) groups excluding carboxylic acids is 2. The van der Waals surface area contributed by atoms with Crippen LogP contribution in [-0.2, 0) is 28.1 Å². The summed E-state index contributed by atoms with van der Waals surface area (Å²) in [6.07, 6.45) is -6.40. The fraction of sp³-hybridized carbons (Fsp3) is 0.846. The van der Waals surface area contributed by atoms with E-state index in [2.05, 4.69) is 15.7 Å². The Bertz CT molecular complexity index is 500. The van der Waals surface area contributed by atoms with Crippen LogP contribution in [0.15, 0.2) is 0 Å². The molecule has 13 heteroatoms. The van der Waals surface area contributed by atoms with Gasteiger partial charge in [-0.25, -0.2) is 9.25 Å². The highest BCUT2D eigenvalue weighted by atomic mass is 31.2. The fourth-order valence-corrected chi connectivity index (χ4v) is 2.93. The summed E-state index contributed by atoms with van der Waals surface area (Å²) in [5.74, 6) is -3.46. The van der Waals surface area contributed by atoms with Crippen LogP contribution in [0.2, 0.25) is 0 Å². The van der Waals surface area contributed by atoms with E-state index in [0.717, 1.165) is 0 Å². The Hall–Kier alpha value is -1.20. The van der Waals surface area contributed by atoms with Gasteiger partial charge < -0.3 is 9.64 Å². The van der Waals surface area contributed by atoms with E-state index in [-0.39, 0.29) is 23.6 Å². The number of halogens is 3. The van der Waals surface area contributed by atoms with Crippen LogP contribution in [0.3, 0.4) is 0 Å². The summed E-state index contributed by atoms with van der Waals surface area (Å²) in [6.45, 7) is 6.78. The third kappa shape index (κ3) is 10.1. The predicted molar refractivity (Wildman–Crippen MR) is 85.6 cm³/mol. The van der Waals surface area contributed by atoms with E-state index in [0.29, 0.717) is 0 Å². The quantitative estimate of drug-likeness (QED) is 0.304. The lowest BCUT2D eigenvalue weighted by Crippen LogP contribution is -2.45. The molecule has 0 unspecified atom stereocenters. The first kappa shape index (κ1) is 24.8. The summed E-state index contributed by atoms with van der Waals surface area (Å²) in [4.78, 5) is 23.1. The van der Waals surface area contributed by atoms with Crippen LogP contribution in [0.25, 0.3) is 0 Å². The van der Waals surface area contributed by atoms with Gasteiger partial charge in [-0.3, -0.25) is 14.2 Å². The minimum atomic E-state index is -5.28. The molecule has 0 heterocycles. The maximum absolute atomic E-state index is 12.8. The number of amides is 1. The Morgan fingerprint density at radius 1 is 1.08 bits per heavy atom. The standard InChI is InChI=1S/C13H25F3N3O6P/c1-6-23-11(20)7-19(12(21)13(14,15)16)8-26(22,24-17-9(2)3)25-18-10(4)5/h9-10,17-18H,6-8H2,1-5H3. The summed E-state index contributed by atoms with van der Waals surface area (Å²) < 4.78 is 65.4. The van der Waals surface area contributed by atoms with Gasteiger partial charge in [0.25, 0.3) is 0 Å². The molecule has 2 N–H and O–H groups in total. The molecule has 0 radical (unpaired) electrons. The third-order valence-corrected chi connectivity index (χ3v) is 3.81. The number of nitrogens with one attached hydrogen (secondary N) is 2. The molecule has 0 aromatic heterocycles. The first-order valence-corrected chi connectivity index (χ1v) is 9.52. The Labute approximate surface area is 150 Å². The lowest BCUT2D eigenvalue weighted by molar-refractivity contribution is -0.186. The van der Waals surface area contributed by atoms with Crippen LogP contribution in [0.4, 0.5) is 13.2 Å².